The minimum atomic E-state index is 1.24. The topological polar surface area (TPSA) is 0 Å². The lowest BCUT2D eigenvalue weighted by Gasteiger charge is -2.30. The Morgan fingerprint density at radius 2 is 0.375 bits per heavy atom. The van der Waals surface area contributed by atoms with E-state index in [2.05, 4.69) is 42.0 Å². The lowest BCUT2D eigenvalue weighted by atomic mass is 10.0. The molecule has 0 saturated carbocycles. The van der Waals surface area contributed by atoms with Crippen LogP contribution in [0.5, 0.6) is 0 Å². The van der Waals surface area contributed by atoms with Crippen molar-refractivity contribution in [1.29, 1.82) is 0 Å². The molecule has 0 rings (SSSR count). The van der Waals surface area contributed by atoms with Gasteiger partial charge in [-0.1, -0.05) is 142 Å². The largest absolute Gasteiger partial charge is 0.328 e. The van der Waals surface area contributed by atoms with E-state index in [-0.39, 0.29) is 0 Å². The number of unbranched alkanes of at least 4 members (excludes halogenated alkanes) is 25. The first-order valence-electron chi connectivity index (χ1n) is 19.0. The Balaban J connectivity index is 3.32. The van der Waals surface area contributed by atoms with Gasteiger partial charge in [0.2, 0.25) is 0 Å². The highest BCUT2D eigenvalue weighted by Crippen LogP contribution is 2.16. The Bertz CT molecular complexity index is 440. The average Bonchev–Trinajstić information content (AvgIpc) is 2.91. The van der Waals surface area contributed by atoms with Crippen molar-refractivity contribution in [3.63, 3.8) is 0 Å². The Kier molecular flexibility index (Phi) is 29.0. The Hall–Kier alpha value is -0.0800. The first-order valence-corrected chi connectivity index (χ1v) is 19.0. The van der Waals surface area contributed by atoms with Crippen LogP contribution in [0.1, 0.15) is 194 Å². The highest BCUT2D eigenvalue weighted by molar-refractivity contribution is 4.52. The zero-order valence-electron chi connectivity index (χ0n) is 29.5. The summed E-state index contributed by atoms with van der Waals surface area (Å²) >= 11 is 0. The number of hydrogen-bond donors (Lipinski definition) is 0. The van der Waals surface area contributed by atoms with Gasteiger partial charge in [0.25, 0.3) is 0 Å². The van der Waals surface area contributed by atoms with Crippen LogP contribution in [0, 0.1) is 0 Å². The molecule has 0 aromatic carbocycles. The lowest BCUT2D eigenvalue weighted by Crippen LogP contribution is -2.41. The fourth-order valence-electron chi connectivity index (χ4n) is 6.42. The van der Waals surface area contributed by atoms with E-state index in [1.54, 1.807) is 0 Å². The van der Waals surface area contributed by atoms with Gasteiger partial charge in [0.15, 0.2) is 0 Å². The molecule has 0 heterocycles. The summed E-state index contributed by atoms with van der Waals surface area (Å²) in [5.41, 5.74) is 0. The van der Waals surface area contributed by atoms with Crippen molar-refractivity contribution in [2.45, 2.75) is 194 Å². The van der Waals surface area contributed by atoms with E-state index in [0.29, 0.717) is 0 Å². The number of rotatable bonds is 33. The molecule has 0 aromatic rings. The maximum Gasteiger partial charge on any atom is 0.0782 e. The monoisotopic (exact) mass is 567 g/mol. The molecule has 0 atom stereocenters. The molecule has 0 aliphatic carbocycles. The fraction of sp³-hybridized carbons (Fsp3) is 1.00. The quantitative estimate of drug-likeness (QED) is 0.0547. The molecule has 0 unspecified atom stereocenters. The first-order chi connectivity index (χ1) is 19.3. The van der Waals surface area contributed by atoms with E-state index in [1.807, 2.05) is 0 Å². The molecule has 40 heavy (non-hydrogen) atoms. The predicted molar refractivity (Wildman–Crippen MR) is 184 cm³/mol. The summed E-state index contributed by atoms with van der Waals surface area (Å²) in [6.07, 6.45) is 40.6. The van der Waals surface area contributed by atoms with Crippen LogP contribution in [0.25, 0.3) is 0 Å². The minimum Gasteiger partial charge on any atom is -0.328 e. The van der Waals surface area contributed by atoms with Gasteiger partial charge in [0, 0.05) is 0 Å². The molecule has 0 N–H and O–H groups in total. The smallest absolute Gasteiger partial charge is 0.0782 e. The molecule has 2 heteroatoms. The average molecular weight is 567 g/mol. The zero-order valence-corrected chi connectivity index (χ0v) is 29.5. The van der Waals surface area contributed by atoms with Crippen molar-refractivity contribution in [2.24, 2.45) is 0 Å². The van der Waals surface area contributed by atoms with Gasteiger partial charge >= 0.3 is 0 Å². The summed E-state index contributed by atoms with van der Waals surface area (Å²) < 4.78 is 2.48. The third-order valence-corrected chi connectivity index (χ3v) is 9.51. The summed E-state index contributed by atoms with van der Waals surface area (Å²) in [6.45, 7) is 10.1. The van der Waals surface area contributed by atoms with Gasteiger partial charge in [-0.15, -0.1) is 0 Å². The van der Waals surface area contributed by atoms with Gasteiger partial charge in [-0.25, -0.2) is 0 Å². The second-order valence-corrected chi connectivity index (χ2v) is 15.0. The fourth-order valence-corrected chi connectivity index (χ4v) is 6.42. The molecule has 0 aromatic heterocycles. The summed E-state index contributed by atoms with van der Waals surface area (Å²) in [6, 6.07) is 0. The highest BCUT2D eigenvalue weighted by atomic mass is 15.3. The number of nitrogens with zero attached hydrogens (tertiary/aromatic N) is 2. The van der Waals surface area contributed by atoms with Crippen LogP contribution in [0.4, 0.5) is 0 Å². The maximum atomic E-state index is 2.45. The van der Waals surface area contributed by atoms with E-state index in [4.69, 9.17) is 0 Å². The first kappa shape index (κ1) is 39.9. The summed E-state index contributed by atoms with van der Waals surface area (Å²) in [5.74, 6) is 0. The van der Waals surface area contributed by atoms with E-state index in [1.165, 1.54) is 215 Å². The van der Waals surface area contributed by atoms with E-state index >= 15 is 0 Å². The Morgan fingerprint density at radius 3 is 0.550 bits per heavy atom. The van der Waals surface area contributed by atoms with E-state index in [9.17, 15) is 0 Å². The van der Waals surface area contributed by atoms with E-state index in [0.717, 1.165) is 0 Å². The number of hydrogen-bond acceptors (Lipinski definition) is 0. The van der Waals surface area contributed by atoms with Crippen molar-refractivity contribution in [1.82, 2.24) is 0 Å². The molecule has 0 bridgehead atoms. The molecule has 2 nitrogen and oxygen atoms in total. The van der Waals surface area contributed by atoms with Crippen molar-refractivity contribution in [3.8, 4) is 0 Å². The molecule has 0 aliphatic rings. The standard InChI is InChI=1S/C38H82N2/c1-7-9-11-13-27-31-35-39(3,4)37-33-29-25-23-21-19-17-15-16-18-20-22-24-26-30-34-38-40(5,6)36-32-28-14-12-10-8-2/h7-38H2,1-6H3/q+2. The van der Waals surface area contributed by atoms with Gasteiger partial charge in [0.05, 0.1) is 54.4 Å². The number of quaternary nitrogens is 2. The highest BCUT2D eigenvalue weighted by Gasteiger charge is 2.14. The van der Waals surface area contributed by atoms with Crippen molar-refractivity contribution >= 4 is 0 Å². The molecule has 0 amide bonds. The van der Waals surface area contributed by atoms with Crippen LogP contribution < -0.4 is 0 Å². The van der Waals surface area contributed by atoms with Crippen LogP contribution in [0.3, 0.4) is 0 Å². The van der Waals surface area contributed by atoms with Gasteiger partial charge in [0.1, 0.15) is 0 Å². The van der Waals surface area contributed by atoms with Crippen LogP contribution in [0.2, 0.25) is 0 Å². The molecule has 0 fully saturated rings. The van der Waals surface area contributed by atoms with Crippen LogP contribution >= 0.6 is 0 Å². The second kappa shape index (κ2) is 29.0. The van der Waals surface area contributed by atoms with Gasteiger partial charge in [-0.2, -0.15) is 0 Å². The predicted octanol–water partition coefficient (Wildman–Crippen LogP) is 12.1. The maximum absolute atomic E-state index is 2.45. The Morgan fingerprint density at radius 1 is 0.225 bits per heavy atom. The lowest BCUT2D eigenvalue weighted by molar-refractivity contribution is -0.890. The third-order valence-electron chi connectivity index (χ3n) is 9.51. The van der Waals surface area contributed by atoms with Crippen molar-refractivity contribution < 1.29 is 8.97 Å². The molecule has 242 valence electrons. The molecular formula is C38H82N2+2. The molecule has 0 aliphatic heterocycles. The van der Waals surface area contributed by atoms with Crippen LogP contribution in [-0.2, 0) is 0 Å². The molecule has 0 spiro atoms. The zero-order chi connectivity index (χ0) is 29.6. The van der Waals surface area contributed by atoms with Crippen molar-refractivity contribution in [2.75, 3.05) is 54.4 Å². The van der Waals surface area contributed by atoms with Crippen LogP contribution in [-0.4, -0.2) is 63.3 Å². The third kappa shape index (κ3) is 30.9. The molecular weight excluding hydrogens is 484 g/mol. The SMILES string of the molecule is CCCCCCCC[N+](C)(C)CCCCCCCCCCCCCCCCCC[N+](C)(C)CCCCCCCC. The van der Waals surface area contributed by atoms with Crippen LogP contribution in [0.15, 0.2) is 0 Å². The van der Waals surface area contributed by atoms with E-state index < -0.39 is 0 Å². The van der Waals surface area contributed by atoms with Gasteiger partial charge in [-0.05, 0) is 51.4 Å². The molecule has 0 saturated heterocycles. The summed E-state index contributed by atoms with van der Waals surface area (Å²) in [4.78, 5) is 0. The summed E-state index contributed by atoms with van der Waals surface area (Å²) in [7, 11) is 9.80. The molecule has 0 radical (unpaired) electrons. The normalized spacial score (nSPS) is 12.4. The second-order valence-electron chi connectivity index (χ2n) is 15.0. The van der Waals surface area contributed by atoms with Gasteiger partial charge in [-0.3, -0.25) is 0 Å². The summed E-state index contributed by atoms with van der Waals surface area (Å²) in [5, 5.41) is 0. The minimum absolute atomic E-state index is 1.24. The van der Waals surface area contributed by atoms with Crippen molar-refractivity contribution in [3.05, 3.63) is 0 Å². The van der Waals surface area contributed by atoms with Gasteiger partial charge < -0.3 is 8.97 Å². The Labute approximate surface area is 256 Å².